The summed E-state index contributed by atoms with van der Waals surface area (Å²) >= 11 is 6.07. The summed E-state index contributed by atoms with van der Waals surface area (Å²) in [4.78, 5) is 8.90. The highest BCUT2D eigenvalue weighted by Crippen LogP contribution is 2.39. The van der Waals surface area contributed by atoms with Crippen molar-refractivity contribution in [2.45, 2.75) is 18.5 Å². The molecule has 1 fully saturated rings. The van der Waals surface area contributed by atoms with Gasteiger partial charge in [-0.1, -0.05) is 35.9 Å². The van der Waals surface area contributed by atoms with E-state index in [1.807, 2.05) is 0 Å². The third kappa shape index (κ3) is 6.26. The molecule has 0 bridgehead atoms. The van der Waals surface area contributed by atoms with Gasteiger partial charge in [-0.3, -0.25) is 0 Å². The zero-order valence-corrected chi connectivity index (χ0v) is 15.2. The fourth-order valence-corrected chi connectivity index (χ4v) is 2.43. The first-order valence-corrected chi connectivity index (χ1v) is 8.41. The third-order valence-corrected chi connectivity index (χ3v) is 4.07. The topological polar surface area (TPSA) is 58.6 Å². The van der Waals surface area contributed by atoms with Crippen LogP contribution in [0.25, 0.3) is 11.1 Å². The minimum atomic E-state index is -5.08. The molecule has 1 saturated heterocycles. The van der Waals surface area contributed by atoms with Crippen LogP contribution in [-0.2, 0) is 11.0 Å². The van der Waals surface area contributed by atoms with Crippen molar-refractivity contribution in [3.63, 3.8) is 0 Å². The van der Waals surface area contributed by atoms with Gasteiger partial charge < -0.3 is 15.2 Å². The molecule has 29 heavy (non-hydrogen) atoms. The van der Waals surface area contributed by atoms with Gasteiger partial charge in [0.15, 0.2) is 0 Å². The number of rotatable bonds is 3. The first kappa shape index (κ1) is 22.8. The predicted molar refractivity (Wildman–Crippen MR) is 92.9 cm³/mol. The molecule has 0 spiro atoms. The van der Waals surface area contributed by atoms with Crippen LogP contribution in [0.4, 0.5) is 26.3 Å². The number of halogens is 7. The molecular weight excluding hydrogens is 428 g/mol. The van der Waals surface area contributed by atoms with Crippen molar-refractivity contribution in [2.24, 2.45) is 0 Å². The number of alkyl halides is 6. The standard InChI is InChI=1S/C16H13ClF3NO.C2HF3O2/c17-14-6-5-10(7-15(14)22-11-8-21-9-11)12-3-1-2-4-13(12)16(18,19)20;3-2(4,5)1(6)7/h1-7,11,21H,8-9H2;(H,6,7). The summed E-state index contributed by atoms with van der Waals surface area (Å²) in [5, 5.41) is 10.6. The smallest absolute Gasteiger partial charge is 0.486 e. The SMILES string of the molecule is FC(F)(F)c1ccccc1-c1ccc(Cl)c(OC2CNC2)c1.O=C(O)C(F)(F)F. The van der Waals surface area contributed by atoms with Crippen molar-refractivity contribution in [3.05, 3.63) is 53.1 Å². The molecule has 0 aliphatic carbocycles. The zero-order chi connectivity index (χ0) is 21.8. The number of carboxylic acid groups (broad SMARTS) is 1. The number of nitrogens with one attached hydrogen (secondary N) is 1. The van der Waals surface area contributed by atoms with E-state index in [2.05, 4.69) is 5.32 Å². The minimum Gasteiger partial charge on any atom is -0.486 e. The van der Waals surface area contributed by atoms with E-state index in [1.165, 1.54) is 12.1 Å². The predicted octanol–water partition coefficient (Wildman–Crippen LogP) is 5.01. The van der Waals surface area contributed by atoms with Crippen LogP contribution in [0.15, 0.2) is 42.5 Å². The Morgan fingerprint density at radius 1 is 1.07 bits per heavy atom. The highest BCUT2D eigenvalue weighted by Gasteiger charge is 2.38. The molecule has 1 aliphatic heterocycles. The van der Waals surface area contributed by atoms with E-state index in [0.717, 1.165) is 6.07 Å². The molecule has 0 aromatic heterocycles. The molecule has 1 heterocycles. The van der Waals surface area contributed by atoms with Crippen molar-refractivity contribution in [3.8, 4) is 16.9 Å². The highest BCUT2D eigenvalue weighted by molar-refractivity contribution is 6.32. The number of benzene rings is 2. The Balaban J connectivity index is 0.000000370. The van der Waals surface area contributed by atoms with Gasteiger partial charge in [-0.25, -0.2) is 4.79 Å². The van der Waals surface area contributed by atoms with Crippen LogP contribution >= 0.6 is 11.6 Å². The lowest BCUT2D eigenvalue weighted by molar-refractivity contribution is -0.192. The second-order valence-electron chi connectivity index (χ2n) is 5.89. The number of ether oxygens (including phenoxy) is 1. The normalized spacial score (nSPS) is 14.4. The maximum absolute atomic E-state index is 13.1. The molecule has 3 rings (SSSR count). The molecule has 0 unspecified atom stereocenters. The number of carbonyl (C=O) groups is 1. The first-order chi connectivity index (χ1) is 13.4. The van der Waals surface area contributed by atoms with Gasteiger partial charge in [-0.05, 0) is 29.3 Å². The molecule has 2 N–H and O–H groups in total. The number of aliphatic carboxylic acids is 1. The van der Waals surface area contributed by atoms with Gasteiger partial charge >= 0.3 is 18.3 Å². The highest BCUT2D eigenvalue weighted by atomic mass is 35.5. The van der Waals surface area contributed by atoms with Gasteiger partial charge in [0.2, 0.25) is 0 Å². The monoisotopic (exact) mass is 441 g/mol. The third-order valence-electron chi connectivity index (χ3n) is 3.75. The van der Waals surface area contributed by atoms with Crippen molar-refractivity contribution >= 4 is 17.6 Å². The van der Waals surface area contributed by atoms with Crippen molar-refractivity contribution in [1.29, 1.82) is 0 Å². The Labute approximate surface area is 166 Å². The Morgan fingerprint density at radius 2 is 1.66 bits per heavy atom. The van der Waals surface area contributed by atoms with Crippen LogP contribution in [0.5, 0.6) is 5.75 Å². The van der Waals surface area contributed by atoms with E-state index in [4.69, 9.17) is 26.2 Å². The van der Waals surface area contributed by atoms with Gasteiger partial charge in [0, 0.05) is 13.1 Å². The zero-order valence-electron chi connectivity index (χ0n) is 14.4. The van der Waals surface area contributed by atoms with Gasteiger partial charge in [0.25, 0.3) is 0 Å². The van der Waals surface area contributed by atoms with E-state index in [9.17, 15) is 26.3 Å². The van der Waals surface area contributed by atoms with E-state index in [-0.39, 0.29) is 11.7 Å². The average molecular weight is 442 g/mol. The van der Waals surface area contributed by atoms with Crippen LogP contribution < -0.4 is 10.1 Å². The van der Waals surface area contributed by atoms with Gasteiger partial charge in [-0.15, -0.1) is 0 Å². The Bertz CT molecular complexity index is 865. The summed E-state index contributed by atoms with van der Waals surface area (Å²) in [7, 11) is 0. The molecule has 1 aliphatic rings. The van der Waals surface area contributed by atoms with E-state index in [1.54, 1.807) is 24.3 Å². The lowest BCUT2D eigenvalue weighted by Crippen LogP contribution is -2.50. The summed E-state index contributed by atoms with van der Waals surface area (Å²) < 4.78 is 76.8. The number of hydrogen-bond acceptors (Lipinski definition) is 3. The van der Waals surface area contributed by atoms with Gasteiger partial charge in [0.1, 0.15) is 11.9 Å². The molecule has 0 radical (unpaired) electrons. The molecule has 0 saturated carbocycles. The second-order valence-corrected chi connectivity index (χ2v) is 6.30. The lowest BCUT2D eigenvalue weighted by atomic mass is 9.99. The fraction of sp³-hybridized carbons (Fsp3) is 0.278. The summed E-state index contributed by atoms with van der Waals surface area (Å²) in [5.74, 6) is -2.35. The van der Waals surface area contributed by atoms with Gasteiger partial charge in [-0.2, -0.15) is 26.3 Å². The maximum atomic E-state index is 13.1. The Kier molecular flexibility index (Phi) is 7.02. The van der Waals surface area contributed by atoms with Crippen LogP contribution in [0, 0.1) is 0 Å². The van der Waals surface area contributed by atoms with E-state index >= 15 is 0 Å². The van der Waals surface area contributed by atoms with Crippen molar-refractivity contribution < 1.29 is 41.0 Å². The van der Waals surface area contributed by atoms with Crippen LogP contribution in [0.3, 0.4) is 0 Å². The molecule has 0 amide bonds. The second kappa shape index (κ2) is 8.91. The summed E-state index contributed by atoms with van der Waals surface area (Å²) in [5.41, 5.74) is -0.128. The number of carboxylic acids is 1. The molecule has 0 atom stereocenters. The first-order valence-electron chi connectivity index (χ1n) is 8.03. The summed E-state index contributed by atoms with van der Waals surface area (Å²) in [6, 6.07) is 10.2. The molecular formula is C18H14ClF6NO3. The molecule has 2 aromatic rings. The van der Waals surface area contributed by atoms with Crippen LogP contribution in [0.1, 0.15) is 5.56 Å². The largest absolute Gasteiger partial charge is 0.490 e. The Morgan fingerprint density at radius 3 is 2.14 bits per heavy atom. The van der Waals surface area contributed by atoms with Crippen molar-refractivity contribution in [2.75, 3.05) is 13.1 Å². The summed E-state index contributed by atoms with van der Waals surface area (Å²) in [6.07, 6.45) is -9.49. The van der Waals surface area contributed by atoms with Crippen LogP contribution in [-0.4, -0.2) is 36.4 Å². The summed E-state index contributed by atoms with van der Waals surface area (Å²) in [6.45, 7) is 1.42. The molecule has 11 heteroatoms. The maximum Gasteiger partial charge on any atom is 0.490 e. The van der Waals surface area contributed by atoms with Crippen LogP contribution in [0.2, 0.25) is 5.02 Å². The minimum absolute atomic E-state index is 0.00519. The average Bonchev–Trinajstić information content (AvgIpc) is 2.58. The van der Waals surface area contributed by atoms with E-state index in [0.29, 0.717) is 29.4 Å². The fourth-order valence-electron chi connectivity index (χ4n) is 2.27. The molecule has 158 valence electrons. The van der Waals surface area contributed by atoms with E-state index < -0.39 is 23.9 Å². The Hall–Kier alpha value is -2.46. The van der Waals surface area contributed by atoms with Crippen molar-refractivity contribution in [1.82, 2.24) is 5.32 Å². The molecule has 4 nitrogen and oxygen atoms in total. The lowest BCUT2D eigenvalue weighted by Gasteiger charge is -2.28. The number of hydrogen-bond donors (Lipinski definition) is 2. The van der Waals surface area contributed by atoms with Gasteiger partial charge in [0.05, 0.1) is 10.6 Å². The quantitative estimate of drug-likeness (QED) is 0.657. The molecule has 2 aromatic carbocycles.